The van der Waals surface area contributed by atoms with E-state index in [-0.39, 0.29) is 11.2 Å². The van der Waals surface area contributed by atoms with Crippen molar-refractivity contribution in [1.82, 2.24) is 9.97 Å². The molecule has 0 saturated carbocycles. The van der Waals surface area contributed by atoms with E-state index >= 15 is 0 Å². The first-order chi connectivity index (χ1) is 13.4. The SMILES string of the molecule is Cc1[nH]c(SC(C)C(=O)Nc2ccc(C(N)=O)cc2)nc1Cc1ccccc1. The van der Waals surface area contributed by atoms with E-state index in [4.69, 9.17) is 5.73 Å². The van der Waals surface area contributed by atoms with Gasteiger partial charge in [-0.3, -0.25) is 9.59 Å². The molecule has 0 bridgehead atoms. The first kappa shape index (κ1) is 19.7. The Labute approximate surface area is 167 Å². The summed E-state index contributed by atoms with van der Waals surface area (Å²) in [6.07, 6.45) is 0.747. The Hall–Kier alpha value is -3.06. The quantitative estimate of drug-likeness (QED) is 0.534. The molecule has 0 radical (unpaired) electrons. The monoisotopic (exact) mass is 394 g/mol. The molecule has 4 N–H and O–H groups in total. The maximum atomic E-state index is 12.5. The Morgan fingerprint density at radius 2 is 1.82 bits per heavy atom. The van der Waals surface area contributed by atoms with Gasteiger partial charge in [-0.15, -0.1) is 0 Å². The van der Waals surface area contributed by atoms with Gasteiger partial charge < -0.3 is 16.0 Å². The molecule has 144 valence electrons. The minimum Gasteiger partial charge on any atom is -0.366 e. The molecule has 28 heavy (non-hydrogen) atoms. The first-order valence-corrected chi connectivity index (χ1v) is 9.77. The normalized spacial score (nSPS) is 11.8. The standard InChI is InChI=1S/C21H22N4O2S/c1-13-18(12-15-6-4-3-5-7-15)25-21(23-13)28-14(2)20(27)24-17-10-8-16(9-11-17)19(22)26/h3-11,14H,12H2,1-2H3,(H2,22,26)(H,23,25)(H,24,27). The zero-order chi connectivity index (χ0) is 20.1. The largest absolute Gasteiger partial charge is 0.366 e. The van der Waals surface area contributed by atoms with Crippen molar-refractivity contribution >= 4 is 29.3 Å². The fourth-order valence-corrected chi connectivity index (χ4v) is 3.54. The van der Waals surface area contributed by atoms with Gasteiger partial charge in [0, 0.05) is 23.4 Å². The summed E-state index contributed by atoms with van der Waals surface area (Å²) in [5.41, 5.74) is 9.41. The lowest BCUT2D eigenvalue weighted by molar-refractivity contribution is -0.115. The number of carbonyl (C=O) groups is 2. The third-order valence-electron chi connectivity index (χ3n) is 4.27. The van der Waals surface area contributed by atoms with Crippen LogP contribution in [0, 0.1) is 6.92 Å². The Kier molecular flexibility index (Phi) is 6.16. The van der Waals surface area contributed by atoms with Crippen molar-refractivity contribution in [3.05, 3.63) is 77.1 Å². The van der Waals surface area contributed by atoms with E-state index in [1.54, 1.807) is 24.3 Å². The lowest BCUT2D eigenvalue weighted by atomic mass is 10.1. The minimum absolute atomic E-state index is 0.143. The number of rotatable bonds is 7. The van der Waals surface area contributed by atoms with Gasteiger partial charge in [0.2, 0.25) is 11.8 Å². The third kappa shape index (κ3) is 5.01. The smallest absolute Gasteiger partial charge is 0.248 e. The highest BCUT2D eigenvalue weighted by Gasteiger charge is 2.18. The van der Waals surface area contributed by atoms with Crippen molar-refractivity contribution in [3.63, 3.8) is 0 Å². The van der Waals surface area contributed by atoms with Crippen LogP contribution in [-0.2, 0) is 11.2 Å². The van der Waals surface area contributed by atoms with Gasteiger partial charge in [-0.05, 0) is 43.7 Å². The number of primary amides is 1. The molecule has 6 nitrogen and oxygen atoms in total. The van der Waals surface area contributed by atoms with Gasteiger partial charge in [0.25, 0.3) is 0 Å². The van der Waals surface area contributed by atoms with Gasteiger partial charge in [0.1, 0.15) is 0 Å². The number of amides is 2. The third-order valence-corrected chi connectivity index (χ3v) is 5.26. The van der Waals surface area contributed by atoms with Crippen molar-refractivity contribution < 1.29 is 9.59 Å². The van der Waals surface area contributed by atoms with E-state index in [1.165, 1.54) is 17.3 Å². The molecule has 2 amide bonds. The van der Waals surface area contributed by atoms with E-state index in [1.807, 2.05) is 32.0 Å². The number of hydrogen-bond acceptors (Lipinski definition) is 4. The molecular formula is C21H22N4O2S. The van der Waals surface area contributed by atoms with Gasteiger partial charge in [-0.1, -0.05) is 42.1 Å². The number of aromatic nitrogens is 2. The van der Waals surface area contributed by atoms with Crippen molar-refractivity contribution in [2.75, 3.05) is 5.32 Å². The Bertz CT molecular complexity index is 968. The molecule has 0 spiro atoms. The summed E-state index contributed by atoms with van der Waals surface area (Å²) in [6.45, 7) is 3.81. The highest BCUT2D eigenvalue weighted by atomic mass is 32.2. The molecule has 1 atom stereocenters. The van der Waals surface area contributed by atoms with Crippen molar-refractivity contribution in [3.8, 4) is 0 Å². The second-order valence-corrected chi connectivity index (χ2v) is 7.80. The number of nitrogens with two attached hydrogens (primary N) is 1. The zero-order valence-corrected chi connectivity index (χ0v) is 16.5. The first-order valence-electron chi connectivity index (χ1n) is 8.89. The van der Waals surface area contributed by atoms with Crippen LogP contribution < -0.4 is 11.1 Å². The lowest BCUT2D eigenvalue weighted by Crippen LogP contribution is -2.22. The average molecular weight is 395 g/mol. The van der Waals surface area contributed by atoms with Crippen LogP contribution in [0.1, 0.15) is 34.2 Å². The number of nitrogens with zero attached hydrogens (tertiary/aromatic N) is 1. The Balaban J connectivity index is 1.60. The van der Waals surface area contributed by atoms with E-state index in [0.29, 0.717) is 11.3 Å². The van der Waals surface area contributed by atoms with Crippen LogP contribution in [0.5, 0.6) is 0 Å². The Morgan fingerprint density at radius 1 is 1.14 bits per heavy atom. The molecule has 3 rings (SSSR count). The zero-order valence-electron chi connectivity index (χ0n) is 15.7. The molecule has 1 aromatic heterocycles. The van der Waals surface area contributed by atoms with E-state index in [2.05, 4.69) is 27.4 Å². The van der Waals surface area contributed by atoms with Gasteiger partial charge >= 0.3 is 0 Å². The summed E-state index contributed by atoms with van der Waals surface area (Å²) in [6, 6.07) is 16.6. The van der Waals surface area contributed by atoms with Gasteiger partial charge in [-0.25, -0.2) is 4.98 Å². The second-order valence-electron chi connectivity index (χ2n) is 6.47. The molecule has 0 aliphatic carbocycles. The maximum Gasteiger partial charge on any atom is 0.248 e. The maximum absolute atomic E-state index is 12.5. The van der Waals surface area contributed by atoms with Crippen molar-refractivity contribution in [2.24, 2.45) is 5.73 Å². The van der Waals surface area contributed by atoms with Gasteiger partial charge in [-0.2, -0.15) is 0 Å². The summed E-state index contributed by atoms with van der Waals surface area (Å²) >= 11 is 1.37. The van der Waals surface area contributed by atoms with E-state index < -0.39 is 5.91 Å². The van der Waals surface area contributed by atoms with Crippen molar-refractivity contribution in [2.45, 2.75) is 30.7 Å². The predicted octanol–water partition coefficient (Wildman–Crippen LogP) is 3.53. The van der Waals surface area contributed by atoms with E-state index in [0.717, 1.165) is 23.0 Å². The van der Waals surface area contributed by atoms with Crippen LogP contribution >= 0.6 is 11.8 Å². The second kappa shape index (κ2) is 8.75. The molecule has 2 aromatic carbocycles. The molecule has 1 heterocycles. The van der Waals surface area contributed by atoms with Crippen LogP contribution in [0.4, 0.5) is 5.69 Å². The van der Waals surface area contributed by atoms with E-state index in [9.17, 15) is 9.59 Å². The molecular weight excluding hydrogens is 372 g/mol. The number of anilines is 1. The number of carbonyl (C=O) groups excluding carboxylic acids is 2. The highest BCUT2D eigenvalue weighted by molar-refractivity contribution is 8.00. The van der Waals surface area contributed by atoms with Crippen molar-refractivity contribution in [1.29, 1.82) is 0 Å². The molecule has 0 aliphatic heterocycles. The number of imidazole rings is 1. The number of aromatic amines is 1. The number of nitrogens with one attached hydrogen (secondary N) is 2. The summed E-state index contributed by atoms with van der Waals surface area (Å²) in [5.74, 6) is -0.642. The summed E-state index contributed by atoms with van der Waals surface area (Å²) in [4.78, 5) is 31.5. The van der Waals surface area contributed by atoms with Crippen LogP contribution in [0.2, 0.25) is 0 Å². The fraction of sp³-hybridized carbons (Fsp3) is 0.190. The molecule has 0 saturated heterocycles. The number of H-pyrrole nitrogens is 1. The van der Waals surface area contributed by atoms with Crippen LogP contribution in [-0.4, -0.2) is 27.0 Å². The molecule has 3 aromatic rings. The minimum atomic E-state index is -0.499. The molecule has 0 fully saturated rings. The topological polar surface area (TPSA) is 101 Å². The van der Waals surface area contributed by atoms with Gasteiger partial charge in [0.05, 0.1) is 10.9 Å². The summed E-state index contributed by atoms with van der Waals surface area (Å²) in [5, 5.41) is 3.21. The lowest BCUT2D eigenvalue weighted by Gasteiger charge is -2.10. The highest BCUT2D eigenvalue weighted by Crippen LogP contribution is 2.24. The number of aryl methyl sites for hydroxylation is 1. The van der Waals surface area contributed by atoms with Crippen LogP contribution in [0.3, 0.4) is 0 Å². The number of benzene rings is 2. The molecule has 1 unspecified atom stereocenters. The molecule has 7 heteroatoms. The summed E-state index contributed by atoms with van der Waals surface area (Å²) in [7, 11) is 0. The number of hydrogen-bond donors (Lipinski definition) is 3. The predicted molar refractivity (Wildman–Crippen MR) is 111 cm³/mol. The Morgan fingerprint density at radius 3 is 2.46 bits per heavy atom. The van der Waals surface area contributed by atoms with Crippen LogP contribution in [0.25, 0.3) is 0 Å². The number of thioether (sulfide) groups is 1. The molecule has 0 aliphatic rings. The van der Waals surface area contributed by atoms with Crippen LogP contribution in [0.15, 0.2) is 59.8 Å². The summed E-state index contributed by atoms with van der Waals surface area (Å²) < 4.78 is 0. The van der Waals surface area contributed by atoms with Gasteiger partial charge in [0.15, 0.2) is 5.16 Å². The fourth-order valence-electron chi connectivity index (χ4n) is 2.67. The average Bonchev–Trinajstić information content (AvgIpc) is 3.01.